The Kier molecular flexibility index (Phi) is 8.07. The Morgan fingerprint density at radius 1 is 1.03 bits per heavy atom. The Labute approximate surface area is 192 Å². The van der Waals surface area contributed by atoms with Crippen LogP contribution >= 0.6 is 0 Å². The van der Waals surface area contributed by atoms with Gasteiger partial charge in [-0.2, -0.15) is 0 Å². The van der Waals surface area contributed by atoms with Gasteiger partial charge in [-0.05, 0) is 55.8 Å². The summed E-state index contributed by atoms with van der Waals surface area (Å²) in [4.78, 5) is 29.4. The molecule has 0 bridgehead atoms. The number of methoxy groups -OCH3 is 1. The van der Waals surface area contributed by atoms with E-state index in [1.807, 2.05) is 13.8 Å². The smallest absolute Gasteiger partial charge is 0.322 e. The highest BCUT2D eigenvalue weighted by atomic mass is 19.1. The minimum atomic E-state index is -0.414. The Balaban J connectivity index is 1.76. The first-order chi connectivity index (χ1) is 15.9. The summed E-state index contributed by atoms with van der Waals surface area (Å²) in [6.07, 6.45) is 1.54. The predicted molar refractivity (Wildman–Crippen MR) is 123 cm³/mol. The van der Waals surface area contributed by atoms with Crippen LogP contribution < -0.4 is 10.1 Å². The summed E-state index contributed by atoms with van der Waals surface area (Å²) >= 11 is 0. The van der Waals surface area contributed by atoms with Gasteiger partial charge in [0.2, 0.25) is 5.91 Å². The lowest BCUT2D eigenvalue weighted by Gasteiger charge is -2.30. The van der Waals surface area contributed by atoms with Crippen molar-refractivity contribution in [2.75, 3.05) is 19.0 Å². The topological polar surface area (TPSA) is 75.0 Å². The predicted octanol–water partition coefficient (Wildman–Crippen LogP) is 4.90. The van der Waals surface area contributed by atoms with Crippen LogP contribution in [0.2, 0.25) is 0 Å². The Hall–Kier alpha value is -3.81. The minimum absolute atomic E-state index is 0.138. The summed E-state index contributed by atoms with van der Waals surface area (Å²) in [6.45, 7) is 4.02. The zero-order valence-electron chi connectivity index (χ0n) is 19.0. The van der Waals surface area contributed by atoms with Crippen LogP contribution in [0.1, 0.15) is 25.2 Å². The van der Waals surface area contributed by atoms with Crippen molar-refractivity contribution in [3.63, 3.8) is 0 Å². The lowest BCUT2D eigenvalue weighted by Crippen LogP contribution is -2.47. The maximum atomic E-state index is 13.3. The van der Waals surface area contributed by atoms with Gasteiger partial charge in [-0.25, -0.2) is 9.18 Å². The summed E-state index contributed by atoms with van der Waals surface area (Å²) in [6, 6.07) is 15.9. The number of hydrogen-bond donors (Lipinski definition) is 1. The molecule has 1 heterocycles. The number of amides is 3. The molecule has 0 aliphatic carbocycles. The lowest BCUT2D eigenvalue weighted by atomic mass is 10.2. The number of carbonyl (C=O) groups excluding carboxylic acids is 2. The quantitative estimate of drug-likeness (QED) is 0.500. The second-order valence-corrected chi connectivity index (χ2v) is 7.81. The molecule has 1 aromatic heterocycles. The fraction of sp³-hybridized carbons (Fsp3) is 0.280. The molecule has 3 aromatic rings. The molecule has 2 aromatic carbocycles. The molecule has 0 spiro atoms. The number of para-hydroxylation sites is 2. The number of hydrogen-bond acceptors (Lipinski definition) is 4. The van der Waals surface area contributed by atoms with E-state index in [4.69, 9.17) is 9.15 Å². The molecule has 0 radical (unpaired) electrons. The maximum absolute atomic E-state index is 13.3. The first-order valence-electron chi connectivity index (χ1n) is 10.6. The van der Waals surface area contributed by atoms with Crippen molar-refractivity contribution in [2.24, 2.45) is 0 Å². The zero-order valence-corrected chi connectivity index (χ0v) is 19.0. The van der Waals surface area contributed by atoms with Crippen LogP contribution in [0.25, 0.3) is 0 Å². The van der Waals surface area contributed by atoms with Crippen LogP contribution in [0, 0.1) is 5.82 Å². The number of ether oxygens (including phenoxy) is 1. The van der Waals surface area contributed by atoms with Gasteiger partial charge in [0.25, 0.3) is 0 Å². The highest BCUT2D eigenvalue weighted by molar-refractivity contribution is 5.93. The van der Waals surface area contributed by atoms with E-state index in [9.17, 15) is 14.0 Å². The summed E-state index contributed by atoms with van der Waals surface area (Å²) in [5, 5.41) is 2.82. The van der Waals surface area contributed by atoms with Crippen LogP contribution in [-0.2, 0) is 17.9 Å². The molecule has 0 aliphatic heterocycles. The van der Waals surface area contributed by atoms with Crippen LogP contribution in [-0.4, -0.2) is 41.4 Å². The molecule has 1 N–H and O–H groups in total. The van der Waals surface area contributed by atoms with Gasteiger partial charge in [-0.15, -0.1) is 0 Å². The highest BCUT2D eigenvalue weighted by Gasteiger charge is 2.25. The molecule has 0 saturated carbocycles. The molecule has 0 atom stereocenters. The van der Waals surface area contributed by atoms with Crippen molar-refractivity contribution in [1.29, 1.82) is 0 Å². The van der Waals surface area contributed by atoms with E-state index in [-0.39, 0.29) is 37.4 Å². The number of halogens is 1. The Morgan fingerprint density at radius 2 is 1.76 bits per heavy atom. The van der Waals surface area contributed by atoms with Crippen LogP contribution in [0.15, 0.2) is 71.3 Å². The molecule has 3 amide bonds. The third kappa shape index (κ3) is 6.58. The SMILES string of the molecule is COc1ccccc1NC(=O)N(CC(=O)N(Cc1ccc(F)cc1)Cc1ccco1)C(C)C. The number of urea groups is 1. The van der Waals surface area contributed by atoms with E-state index in [1.54, 1.807) is 53.4 Å². The second-order valence-electron chi connectivity index (χ2n) is 7.81. The van der Waals surface area contributed by atoms with E-state index in [2.05, 4.69) is 5.32 Å². The van der Waals surface area contributed by atoms with Crippen LogP contribution in [0.3, 0.4) is 0 Å². The monoisotopic (exact) mass is 453 g/mol. The second kappa shape index (κ2) is 11.2. The zero-order chi connectivity index (χ0) is 23.8. The molecular weight excluding hydrogens is 425 g/mol. The number of nitrogens with zero attached hydrogens (tertiary/aromatic N) is 2. The first kappa shape index (κ1) is 23.8. The average Bonchev–Trinajstić information content (AvgIpc) is 3.31. The van der Waals surface area contributed by atoms with E-state index in [1.165, 1.54) is 30.4 Å². The van der Waals surface area contributed by atoms with Crippen molar-refractivity contribution >= 4 is 17.6 Å². The largest absolute Gasteiger partial charge is 0.495 e. The molecule has 174 valence electrons. The average molecular weight is 454 g/mol. The fourth-order valence-corrected chi connectivity index (χ4v) is 3.30. The number of anilines is 1. The molecule has 8 heteroatoms. The van der Waals surface area contributed by atoms with Gasteiger partial charge in [0.15, 0.2) is 0 Å². The Morgan fingerprint density at radius 3 is 2.39 bits per heavy atom. The van der Waals surface area contributed by atoms with E-state index < -0.39 is 6.03 Å². The van der Waals surface area contributed by atoms with Crippen molar-refractivity contribution in [3.05, 3.63) is 84.1 Å². The number of furan rings is 1. The molecular formula is C25H28FN3O4. The summed E-state index contributed by atoms with van der Waals surface area (Å²) in [7, 11) is 1.52. The first-order valence-corrected chi connectivity index (χ1v) is 10.6. The van der Waals surface area contributed by atoms with Crippen LogP contribution in [0.5, 0.6) is 5.75 Å². The molecule has 33 heavy (non-hydrogen) atoms. The third-order valence-electron chi connectivity index (χ3n) is 5.10. The minimum Gasteiger partial charge on any atom is -0.495 e. The summed E-state index contributed by atoms with van der Waals surface area (Å²) in [5.74, 6) is 0.526. The molecule has 0 unspecified atom stereocenters. The van der Waals surface area contributed by atoms with Gasteiger partial charge < -0.3 is 24.3 Å². The van der Waals surface area contributed by atoms with Crippen molar-refractivity contribution in [3.8, 4) is 5.75 Å². The van der Waals surface area contributed by atoms with Gasteiger partial charge >= 0.3 is 6.03 Å². The van der Waals surface area contributed by atoms with Gasteiger partial charge in [0.05, 0.1) is 25.6 Å². The van der Waals surface area contributed by atoms with Gasteiger partial charge in [-0.3, -0.25) is 4.79 Å². The maximum Gasteiger partial charge on any atom is 0.322 e. The summed E-state index contributed by atoms with van der Waals surface area (Å²) < 4.78 is 24.0. The number of nitrogens with one attached hydrogen (secondary N) is 1. The molecule has 0 saturated heterocycles. The number of carbonyl (C=O) groups is 2. The van der Waals surface area contributed by atoms with Crippen LogP contribution in [0.4, 0.5) is 14.9 Å². The standard InChI is InChI=1S/C25H28FN3O4/c1-18(2)29(25(31)27-22-8-4-5-9-23(22)32-3)17-24(30)28(16-21-7-6-14-33-21)15-19-10-12-20(26)13-11-19/h4-14,18H,15-17H2,1-3H3,(H,27,31). The number of benzene rings is 2. The van der Waals surface area contributed by atoms with Crippen molar-refractivity contribution < 1.29 is 23.1 Å². The molecule has 7 nitrogen and oxygen atoms in total. The van der Waals surface area contributed by atoms with Gasteiger partial charge in [0, 0.05) is 12.6 Å². The van der Waals surface area contributed by atoms with Crippen molar-refractivity contribution in [1.82, 2.24) is 9.80 Å². The van der Waals surface area contributed by atoms with E-state index in [0.717, 1.165) is 5.56 Å². The highest BCUT2D eigenvalue weighted by Crippen LogP contribution is 2.23. The Bertz CT molecular complexity index is 1050. The summed E-state index contributed by atoms with van der Waals surface area (Å²) in [5.41, 5.74) is 1.28. The fourth-order valence-electron chi connectivity index (χ4n) is 3.30. The van der Waals surface area contributed by atoms with Gasteiger partial charge in [-0.1, -0.05) is 24.3 Å². The lowest BCUT2D eigenvalue weighted by molar-refractivity contribution is -0.133. The molecule has 3 rings (SSSR count). The third-order valence-corrected chi connectivity index (χ3v) is 5.10. The number of rotatable bonds is 9. The molecule has 0 aliphatic rings. The normalized spacial score (nSPS) is 10.7. The van der Waals surface area contributed by atoms with Crippen molar-refractivity contribution in [2.45, 2.75) is 33.0 Å². The van der Waals surface area contributed by atoms with Gasteiger partial charge in [0.1, 0.15) is 23.9 Å². The molecule has 0 fully saturated rings. The van der Waals surface area contributed by atoms with E-state index in [0.29, 0.717) is 17.2 Å². The van der Waals surface area contributed by atoms with E-state index >= 15 is 0 Å².